The van der Waals surface area contributed by atoms with Gasteiger partial charge in [0.05, 0.1) is 10.0 Å². The lowest BCUT2D eigenvalue weighted by atomic mass is 10.1. The van der Waals surface area contributed by atoms with Gasteiger partial charge in [0.15, 0.2) is 6.10 Å². The number of halogens is 2. The second-order valence-electron chi connectivity index (χ2n) is 5.46. The minimum Gasteiger partial charge on any atom is -0.481 e. The second kappa shape index (κ2) is 7.71. The van der Waals surface area contributed by atoms with Crippen molar-refractivity contribution in [2.75, 3.05) is 5.32 Å². The summed E-state index contributed by atoms with van der Waals surface area (Å²) in [5.41, 5.74) is 2.78. The number of hydrogen-bond donors (Lipinski definition) is 1. The summed E-state index contributed by atoms with van der Waals surface area (Å²) in [4.78, 5) is 12.4. The first-order valence-electron chi connectivity index (χ1n) is 7.40. The van der Waals surface area contributed by atoms with Crippen molar-refractivity contribution in [3.05, 3.63) is 57.6 Å². The van der Waals surface area contributed by atoms with Crippen LogP contribution in [0.25, 0.3) is 0 Å². The van der Waals surface area contributed by atoms with Crippen molar-refractivity contribution >= 4 is 34.8 Å². The second-order valence-corrected chi connectivity index (χ2v) is 6.27. The van der Waals surface area contributed by atoms with Crippen LogP contribution in [0.2, 0.25) is 10.0 Å². The van der Waals surface area contributed by atoms with Crippen molar-refractivity contribution in [3.8, 4) is 5.75 Å². The molecule has 2 aromatic rings. The maximum atomic E-state index is 12.4. The summed E-state index contributed by atoms with van der Waals surface area (Å²) in [6, 6.07) is 10.9. The number of amides is 1. The Morgan fingerprint density at radius 1 is 1.09 bits per heavy atom. The van der Waals surface area contributed by atoms with Crippen molar-refractivity contribution in [1.82, 2.24) is 0 Å². The molecule has 0 saturated heterocycles. The first-order chi connectivity index (χ1) is 10.9. The maximum absolute atomic E-state index is 12.4. The minimum atomic E-state index is -0.578. The molecule has 0 fully saturated rings. The average molecular weight is 352 g/mol. The molecule has 0 spiro atoms. The first kappa shape index (κ1) is 17.6. The number of nitrogens with one attached hydrogen (secondary N) is 1. The Morgan fingerprint density at radius 2 is 1.74 bits per heavy atom. The Balaban J connectivity index is 2.10. The number of aryl methyl sites for hydroxylation is 2. The summed E-state index contributed by atoms with van der Waals surface area (Å²) in [6.45, 7) is 5.90. The molecule has 0 saturated carbocycles. The quantitative estimate of drug-likeness (QED) is 0.782. The lowest BCUT2D eigenvalue weighted by Crippen LogP contribution is -2.32. The number of hydrogen-bond acceptors (Lipinski definition) is 2. The third-order valence-electron chi connectivity index (χ3n) is 3.32. The molecular weight excluding hydrogens is 333 g/mol. The van der Waals surface area contributed by atoms with Crippen LogP contribution in [0.3, 0.4) is 0 Å². The van der Waals surface area contributed by atoms with E-state index in [0.29, 0.717) is 27.9 Å². The highest BCUT2D eigenvalue weighted by Gasteiger charge is 2.19. The lowest BCUT2D eigenvalue weighted by Gasteiger charge is -2.18. The van der Waals surface area contributed by atoms with Crippen molar-refractivity contribution in [3.63, 3.8) is 0 Å². The molecule has 23 heavy (non-hydrogen) atoms. The van der Waals surface area contributed by atoms with E-state index in [4.69, 9.17) is 27.9 Å². The fourth-order valence-electron chi connectivity index (χ4n) is 2.28. The van der Waals surface area contributed by atoms with Gasteiger partial charge in [-0.2, -0.15) is 0 Å². The van der Waals surface area contributed by atoms with Crippen LogP contribution in [0.5, 0.6) is 5.75 Å². The van der Waals surface area contributed by atoms with Crippen LogP contribution in [0.1, 0.15) is 24.5 Å². The molecule has 1 atom stereocenters. The lowest BCUT2D eigenvalue weighted by molar-refractivity contribution is -0.122. The molecule has 3 nitrogen and oxygen atoms in total. The number of rotatable bonds is 5. The summed E-state index contributed by atoms with van der Waals surface area (Å²) in [7, 11) is 0. The smallest absolute Gasteiger partial charge is 0.265 e. The van der Waals surface area contributed by atoms with E-state index in [1.807, 2.05) is 32.9 Å². The molecule has 1 N–H and O–H groups in total. The van der Waals surface area contributed by atoms with Crippen LogP contribution in [0.15, 0.2) is 36.4 Å². The van der Waals surface area contributed by atoms with E-state index in [0.717, 1.165) is 11.1 Å². The van der Waals surface area contributed by atoms with Gasteiger partial charge in [0, 0.05) is 5.69 Å². The fraction of sp³-hybridized carbons (Fsp3) is 0.278. The average Bonchev–Trinajstić information content (AvgIpc) is 2.47. The number of benzene rings is 2. The van der Waals surface area contributed by atoms with E-state index >= 15 is 0 Å². The third kappa shape index (κ3) is 4.88. The predicted octanol–water partition coefficient (Wildman–Crippen LogP) is 5.41. The number of carbonyl (C=O) groups is 1. The standard InChI is InChI=1S/C18H19Cl2NO2/c1-4-17(23-14-8-11(2)7-12(3)9-14)18(22)21-13-5-6-15(19)16(20)10-13/h5-10,17H,4H2,1-3H3,(H,21,22)/t17-/m1/s1. The van der Waals surface area contributed by atoms with Gasteiger partial charge >= 0.3 is 0 Å². The number of ether oxygens (including phenoxy) is 1. The van der Waals surface area contributed by atoms with E-state index in [1.165, 1.54) is 0 Å². The predicted molar refractivity (Wildman–Crippen MR) is 95.7 cm³/mol. The van der Waals surface area contributed by atoms with E-state index in [1.54, 1.807) is 18.2 Å². The van der Waals surface area contributed by atoms with Crippen LogP contribution in [0, 0.1) is 13.8 Å². The zero-order valence-corrected chi connectivity index (χ0v) is 14.8. The molecule has 1 amide bonds. The van der Waals surface area contributed by atoms with Gasteiger partial charge in [0.2, 0.25) is 0 Å². The van der Waals surface area contributed by atoms with Crippen LogP contribution in [-0.4, -0.2) is 12.0 Å². The van der Waals surface area contributed by atoms with E-state index in [9.17, 15) is 4.79 Å². The summed E-state index contributed by atoms with van der Waals surface area (Å²) in [5, 5.41) is 3.65. The van der Waals surface area contributed by atoms with Crippen LogP contribution >= 0.6 is 23.2 Å². The van der Waals surface area contributed by atoms with E-state index in [-0.39, 0.29) is 5.91 Å². The SMILES string of the molecule is CC[C@@H](Oc1cc(C)cc(C)c1)C(=O)Nc1ccc(Cl)c(Cl)c1. The molecule has 2 aromatic carbocycles. The molecule has 0 heterocycles. The number of anilines is 1. The first-order valence-corrected chi connectivity index (χ1v) is 8.15. The maximum Gasteiger partial charge on any atom is 0.265 e. The van der Waals surface area contributed by atoms with Gasteiger partial charge in [-0.15, -0.1) is 0 Å². The zero-order chi connectivity index (χ0) is 17.0. The Kier molecular flexibility index (Phi) is 5.91. The minimum absolute atomic E-state index is 0.218. The van der Waals surface area contributed by atoms with Crippen molar-refractivity contribution in [2.45, 2.75) is 33.3 Å². The molecule has 2 rings (SSSR count). The van der Waals surface area contributed by atoms with Gasteiger partial charge in [-0.05, 0) is 61.7 Å². The molecule has 0 aliphatic carbocycles. The van der Waals surface area contributed by atoms with Gasteiger partial charge in [-0.3, -0.25) is 4.79 Å². The highest BCUT2D eigenvalue weighted by Crippen LogP contribution is 2.25. The Morgan fingerprint density at radius 3 is 2.30 bits per heavy atom. The summed E-state index contributed by atoms with van der Waals surface area (Å²) in [6.07, 6.45) is -0.0224. The molecule has 0 aliphatic rings. The molecule has 0 unspecified atom stereocenters. The van der Waals surface area contributed by atoms with Gasteiger partial charge in [0.25, 0.3) is 5.91 Å². The van der Waals surface area contributed by atoms with Crippen LogP contribution in [-0.2, 0) is 4.79 Å². The zero-order valence-electron chi connectivity index (χ0n) is 13.3. The fourth-order valence-corrected chi connectivity index (χ4v) is 2.58. The molecule has 122 valence electrons. The summed E-state index contributed by atoms with van der Waals surface area (Å²) >= 11 is 11.8. The molecule has 0 aromatic heterocycles. The largest absolute Gasteiger partial charge is 0.481 e. The normalized spacial score (nSPS) is 11.9. The monoisotopic (exact) mass is 351 g/mol. The van der Waals surface area contributed by atoms with Gasteiger partial charge < -0.3 is 10.1 Å². The molecule has 0 radical (unpaired) electrons. The Bertz CT molecular complexity index is 696. The van der Waals surface area contributed by atoms with Crippen LogP contribution in [0.4, 0.5) is 5.69 Å². The van der Waals surface area contributed by atoms with Crippen molar-refractivity contribution in [2.24, 2.45) is 0 Å². The van der Waals surface area contributed by atoms with E-state index < -0.39 is 6.10 Å². The Hall–Kier alpha value is -1.71. The molecular formula is C18H19Cl2NO2. The van der Waals surface area contributed by atoms with E-state index in [2.05, 4.69) is 11.4 Å². The van der Waals surface area contributed by atoms with Crippen molar-refractivity contribution in [1.29, 1.82) is 0 Å². The van der Waals surface area contributed by atoms with Crippen LogP contribution < -0.4 is 10.1 Å². The van der Waals surface area contributed by atoms with Gasteiger partial charge in [0.1, 0.15) is 5.75 Å². The molecule has 5 heteroatoms. The molecule has 0 aliphatic heterocycles. The highest BCUT2D eigenvalue weighted by atomic mass is 35.5. The van der Waals surface area contributed by atoms with Gasteiger partial charge in [-0.1, -0.05) is 36.2 Å². The molecule has 0 bridgehead atoms. The Labute approximate surface area is 146 Å². The third-order valence-corrected chi connectivity index (χ3v) is 4.06. The summed E-state index contributed by atoms with van der Waals surface area (Å²) in [5.74, 6) is 0.476. The highest BCUT2D eigenvalue weighted by molar-refractivity contribution is 6.42. The number of carbonyl (C=O) groups excluding carboxylic acids is 1. The summed E-state index contributed by atoms with van der Waals surface area (Å²) < 4.78 is 5.84. The van der Waals surface area contributed by atoms with Gasteiger partial charge in [-0.25, -0.2) is 0 Å². The van der Waals surface area contributed by atoms with Crippen molar-refractivity contribution < 1.29 is 9.53 Å². The topological polar surface area (TPSA) is 38.3 Å².